The van der Waals surface area contributed by atoms with Crippen molar-refractivity contribution in [1.82, 2.24) is 5.43 Å². The fourth-order valence-corrected chi connectivity index (χ4v) is 1.52. The molecule has 1 aromatic heterocycles. The molecular weight excluding hydrogens is 164 g/mol. The van der Waals surface area contributed by atoms with E-state index < -0.39 is 0 Å². The van der Waals surface area contributed by atoms with Crippen LogP contribution >= 0.6 is 11.3 Å². The van der Waals surface area contributed by atoms with Gasteiger partial charge in [-0.05, 0) is 18.3 Å². The van der Waals surface area contributed by atoms with E-state index in [9.17, 15) is 4.79 Å². The average Bonchev–Trinajstić information content (AvgIpc) is 2.28. The Hall–Kier alpha value is -1.14. The number of carbonyl (C=O) groups is 1. The number of hydrogen-bond donors (Lipinski definition) is 3. The van der Waals surface area contributed by atoms with Crippen molar-refractivity contribution >= 4 is 22.4 Å². The fraction of sp³-hybridized carbons (Fsp3) is 0.200. The van der Waals surface area contributed by atoms with Crippen molar-refractivity contribution in [2.75, 3.05) is 5.73 Å². The van der Waals surface area contributed by atoms with Crippen molar-refractivity contribution in [2.24, 2.45) is 5.84 Å². The van der Waals surface area contributed by atoms with Crippen molar-refractivity contribution in [3.05, 3.63) is 10.6 Å². The number of aromatic amines is 1. The van der Waals surface area contributed by atoms with Crippen LogP contribution in [0.1, 0.15) is 15.4 Å². The molecule has 0 atom stereocenters. The first-order valence-corrected chi connectivity index (χ1v) is 3.76. The number of aryl methyl sites for hydroxylation is 1. The van der Waals surface area contributed by atoms with Crippen LogP contribution in [0.2, 0.25) is 0 Å². The number of aromatic nitrogens is 1. The summed E-state index contributed by atoms with van der Waals surface area (Å²) in [6.45, 7) is 1.76. The highest BCUT2D eigenvalue weighted by atomic mass is 32.1. The molecule has 5 nitrogen and oxygen atoms in total. The summed E-state index contributed by atoms with van der Waals surface area (Å²) < 4.78 is 0. The lowest BCUT2D eigenvalue weighted by molar-refractivity contribution is -0.363. The molecule has 6 N–H and O–H groups in total. The van der Waals surface area contributed by atoms with E-state index in [1.165, 1.54) is 11.3 Å². The molecule has 1 aromatic rings. The monoisotopic (exact) mass is 173 g/mol. The molecule has 1 amide bonds. The predicted molar refractivity (Wildman–Crippen MR) is 41.7 cm³/mol. The van der Waals surface area contributed by atoms with Crippen molar-refractivity contribution in [2.45, 2.75) is 6.92 Å². The maximum Gasteiger partial charge on any atom is 0.330 e. The lowest BCUT2D eigenvalue weighted by Crippen LogP contribution is -2.30. The summed E-state index contributed by atoms with van der Waals surface area (Å²) >= 11 is 1.18. The number of anilines is 1. The third-order valence-electron chi connectivity index (χ3n) is 1.20. The molecule has 60 valence electrons. The molecule has 0 unspecified atom stereocenters. The number of hydrogen-bond acceptors (Lipinski definition) is 4. The second-order valence-electron chi connectivity index (χ2n) is 2.02. The number of nitrogens with one attached hydrogen (secondary N) is 2. The number of carbonyl (C=O) groups excluding carboxylic acids is 1. The molecule has 0 saturated heterocycles. The van der Waals surface area contributed by atoms with Gasteiger partial charge in [0.05, 0.1) is 0 Å². The van der Waals surface area contributed by atoms with Gasteiger partial charge in [-0.15, -0.1) is 0 Å². The molecule has 0 aliphatic carbocycles. The van der Waals surface area contributed by atoms with E-state index in [0.717, 1.165) is 5.69 Å². The zero-order chi connectivity index (χ0) is 8.43. The largest absolute Gasteiger partial charge is 0.330 e. The topological polar surface area (TPSA) is 95.3 Å². The molecule has 0 aliphatic heterocycles. The average molecular weight is 173 g/mol. The Kier molecular flexibility index (Phi) is 2.06. The fourth-order valence-electron chi connectivity index (χ4n) is 0.736. The van der Waals surface area contributed by atoms with Gasteiger partial charge in [-0.2, -0.15) is 0 Å². The summed E-state index contributed by atoms with van der Waals surface area (Å²) in [6, 6.07) is 0. The second-order valence-corrected chi connectivity index (χ2v) is 3.07. The van der Waals surface area contributed by atoms with E-state index in [2.05, 4.69) is 4.98 Å². The van der Waals surface area contributed by atoms with Gasteiger partial charge in [-0.3, -0.25) is 16.0 Å². The minimum atomic E-state index is -0.319. The van der Waals surface area contributed by atoms with Crippen LogP contribution in [-0.4, -0.2) is 5.91 Å². The van der Waals surface area contributed by atoms with Crippen LogP contribution in [0, 0.1) is 6.92 Å². The summed E-state index contributed by atoms with van der Waals surface area (Å²) in [7, 11) is 0. The second kappa shape index (κ2) is 2.85. The third kappa shape index (κ3) is 1.47. The molecule has 0 bridgehead atoms. The Bertz CT molecular complexity index is 282. The summed E-state index contributed by atoms with van der Waals surface area (Å²) in [5.74, 6) is 4.62. The Labute approximate surface area is 67.4 Å². The predicted octanol–water partition coefficient (Wildman–Crippen LogP) is -0.944. The maximum absolute atomic E-state index is 10.9. The minimum absolute atomic E-state index is 0.319. The van der Waals surface area contributed by atoms with E-state index >= 15 is 0 Å². The molecule has 11 heavy (non-hydrogen) atoms. The van der Waals surface area contributed by atoms with E-state index in [1.54, 1.807) is 6.92 Å². The van der Waals surface area contributed by atoms with Gasteiger partial charge in [0.2, 0.25) is 0 Å². The van der Waals surface area contributed by atoms with Crippen LogP contribution in [0.25, 0.3) is 0 Å². The lowest BCUT2D eigenvalue weighted by Gasteiger charge is -1.91. The third-order valence-corrected chi connectivity index (χ3v) is 2.22. The van der Waals surface area contributed by atoms with Crippen molar-refractivity contribution in [3.63, 3.8) is 0 Å². The number of amides is 1. The highest BCUT2D eigenvalue weighted by molar-refractivity contribution is 7.16. The van der Waals surface area contributed by atoms with Gasteiger partial charge in [-0.25, -0.2) is 10.8 Å². The first-order chi connectivity index (χ1) is 5.15. The van der Waals surface area contributed by atoms with Gasteiger partial charge < -0.3 is 0 Å². The molecular formula is C5H9N4OS+. The number of thiazole rings is 1. The van der Waals surface area contributed by atoms with Crippen LogP contribution < -0.4 is 22.0 Å². The van der Waals surface area contributed by atoms with Gasteiger partial charge in [0.15, 0.2) is 0 Å². The number of nitrogens with two attached hydrogens (primary N) is 2. The summed E-state index contributed by atoms with van der Waals surface area (Å²) in [4.78, 5) is 14.3. The van der Waals surface area contributed by atoms with Gasteiger partial charge in [0, 0.05) is 0 Å². The quantitative estimate of drug-likeness (QED) is 0.290. The smallest absolute Gasteiger partial charge is 0.289 e. The molecule has 6 heteroatoms. The van der Waals surface area contributed by atoms with Gasteiger partial charge in [-0.1, -0.05) is 0 Å². The van der Waals surface area contributed by atoms with E-state index in [0.29, 0.717) is 10.0 Å². The minimum Gasteiger partial charge on any atom is -0.289 e. The Morgan fingerprint density at radius 3 is 2.73 bits per heavy atom. The summed E-state index contributed by atoms with van der Waals surface area (Å²) in [5, 5.41) is 0.501. The molecule has 1 heterocycles. The molecule has 1 rings (SSSR count). The summed E-state index contributed by atoms with van der Waals surface area (Å²) in [6.07, 6.45) is 0. The highest BCUT2D eigenvalue weighted by Crippen LogP contribution is 2.14. The number of rotatable bonds is 1. The van der Waals surface area contributed by atoms with E-state index in [-0.39, 0.29) is 5.91 Å². The molecule has 0 radical (unpaired) electrons. The molecule has 0 spiro atoms. The molecule has 0 aliphatic rings. The molecule has 0 aromatic carbocycles. The number of hydrazine groups is 1. The van der Waals surface area contributed by atoms with Crippen molar-refractivity contribution in [1.29, 1.82) is 0 Å². The number of nitrogen functional groups attached to an aromatic ring is 2. The molecule has 0 fully saturated rings. The first-order valence-electron chi connectivity index (χ1n) is 2.94. The van der Waals surface area contributed by atoms with E-state index in [4.69, 9.17) is 11.6 Å². The summed E-state index contributed by atoms with van der Waals surface area (Å²) in [5.41, 5.74) is 8.18. The van der Waals surface area contributed by atoms with Gasteiger partial charge in [0.1, 0.15) is 10.6 Å². The van der Waals surface area contributed by atoms with Gasteiger partial charge >= 0.3 is 5.13 Å². The highest BCUT2D eigenvalue weighted by Gasteiger charge is 2.15. The van der Waals surface area contributed by atoms with Crippen LogP contribution in [0.4, 0.5) is 5.13 Å². The first kappa shape index (κ1) is 7.96. The van der Waals surface area contributed by atoms with Crippen LogP contribution in [-0.2, 0) is 0 Å². The standard InChI is InChI=1S/C5H8N4OS/c1-2-3(4(10)9-7)11-5(6)8-2/h7H2,1H3,(H2,6,8)(H,9,10)/p+1. The van der Waals surface area contributed by atoms with Crippen LogP contribution in [0.5, 0.6) is 0 Å². The Morgan fingerprint density at radius 1 is 1.73 bits per heavy atom. The number of H-pyrrole nitrogens is 1. The van der Waals surface area contributed by atoms with Gasteiger partial charge in [0.25, 0.3) is 5.91 Å². The normalized spacial score (nSPS) is 9.64. The zero-order valence-corrected chi connectivity index (χ0v) is 6.79. The SMILES string of the molecule is Cc1[nH+]c(N)sc1C(=O)NN. The zero-order valence-electron chi connectivity index (χ0n) is 5.97. The Balaban J connectivity index is 3.03. The van der Waals surface area contributed by atoms with Crippen molar-refractivity contribution in [3.8, 4) is 0 Å². The van der Waals surface area contributed by atoms with E-state index in [1.807, 2.05) is 5.43 Å². The Morgan fingerprint density at radius 2 is 2.36 bits per heavy atom. The lowest BCUT2D eigenvalue weighted by atomic mass is 10.4. The van der Waals surface area contributed by atoms with Crippen molar-refractivity contribution < 1.29 is 9.78 Å². The van der Waals surface area contributed by atoms with Crippen LogP contribution in [0.3, 0.4) is 0 Å². The maximum atomic E-state index is 10.9. The molecule has 0 saturated carbocycles. The van der Waals surface area contributed by atoms with Crippen LogP contribution in [0.15, 0.2) is 0 Å².